The Morgan fingerprint density at radius 1 is 1.40 bits per heavy atom. The van der Waals surface area contributed by atoms with Crippen LogP contribution in [0.3, 0.4) is 0 Å². The normalized spacial score (nSPS) is 11.5. The minimum absolute atomic E-state index is 0.227. The molecule has 0 amide bonds. The molecule has 0 radical (unpaired) electrons. The van der Waals surface area contributed by atoms with Gasteiger partial charge in [0, 0.05) is 23.5 Å². The smallest absolute Gasteiger partial charge is 0.134 e. The van der Waals surface area contributed by atoms with Crippen molar-refractivity contribution >= 4 is 11.0 Å². The van der Waals surface area contributed by atoms with E-state index >= 15 is 0 Å². The van der Waals surface area contributed by atoms with Crippen molar-refractivity contribution in [3.8, 4) is 0 Å². The van der Waals surface area contributed by atoms with Crippen LogP contribution in [0.2, 0.25) is 0 Å². The number of hydrogen-bond acceptors (Lipinski definition) is 2. The minimum Gasteiger partial charge on any atom is -0.464 e. The summed E-state index contributed by atoms with van der Waals surface area (Å²) in [7, 11) is 0. The van der Waals surface area contributed by atoms with E-state index in [1.807, 2.05) is 0 Å². The Hall–Kier alpha value is -1.35. The number of fused-ring (bicyclic) bond motifs is 1. The standard InChI is InChI=1S/C12H14FNO/c1-8(2)14-6-9-7-15-12-4-3-10(13)5-11(9)12/h3-5,7-8,14H,6H2,1-2H3. The van der Waals surface area contributed by atoms with Crippen molar-refractivity contribution < 1.29 is 8.81 Å². The third-order valence-corrected chi connectivity index (χ3v) is 2.32. The van der Waals surface area contributed by atoms with E-state index in [9.17, 15) is 4.39 Å². The number of hydrogen-bond donors (Lipinski definition) is 1. The van der Waals surface area contributed by atoms with Crippen molar-refractivity contribution in [2.45, 2.75) is 26.4 Å². The first kappa shape index (κ1) is 10.2. The lowest BCUT2D eigenvalue weighted by molar-refractivity contribution is 0.572. The molecule has 1 heterocycles. The van der Waals surface area contributed by atoms with Gasteiger partial charge in [-0.1, -0.05) is 13.8 Å². The lowest BCUT2D eigenvalue weighted by Gasteiger charge is -2.05. The molecule has 2 nitrogen and oxygen atoms in total. The Bertz CT molecular complexity index is 462. The molecule has 0 unspecified atom stereocenters. The zero-order valence-electron chi connectivity index (χ0n) is 8.88. The van der Waals surface area contributed by atoms with Crippen molar-refractivity contribution in [2.24, 2.45) is 0 Å². The number of furan rings is 1. The van der Waals surface area contributed by atoms with Gasteiger partial charge in [0.1, 0.15) is 11.4 Å². The fourth-order valence-electron chi connectivity index (χ4n) is 1.50. The van der Waals surface area contributed by atoms with Gasteiger partial charge < -0.3 is 9.73 Å². The van der Waals surface area contributed by atoms with Crippen molar-refractivity contribution in [2.75, 3.05) is 0 Å². The Morgan fingerprint density at radius 3 is 2.93 bits per heavy atom. The van der Waals surface area contributed by atoms with E-state index < -0.39 is 0 Å². The van der Waals surface area contributed by atoms with Crippen LogP contribution in [-0.4, -0.2) is 6.04 Å². The molecule has 0 saturated carbocycles. The van der Waals surface area contributed by atoms with Crippen LogP contribution in [0.4, 0.5) is 4.39 Å². The van der Waals surface area contributed by atoms with Gasteiger partial charge in [-0.2, -0.15) is 0 Å². The van der Waals surface area contributed by atoms with Gasteiger partial charge in [-0.05, 0) is 18.2 Å². The first-order valence-corrected chi connectivity index (χ1v) is 5.06. The summed E-state index contributed by atoms with van der Waals surface area (Å²) >= 11 is 0. The molecule has 2 aromatic rings. The van der Waals surface area contributed by atoms with Crippen molar-refractivity contribution in [1.82, 2.24) is 5.32 Å². The molecular weight excluding hydrogens is 193 g/mol. The quantitative estimate of drug-likeness (QED) is 0.836. The summed E-state index contributed by atoms with van der Waals surface area (Å²) < 4.78 is 18.4. The molecule has 0 bridgehead atoms. The second kappa shape index (κ2) is 4.03. The zero-order valence-corrected chi connectivity index (χ0v) is 8.88. The van der Waals surface area contributed by atoms with Gasteiger partial charge in [0.2, 0.25) is 0 Å². The van der Waals surface area contributed by atoms with Crippen molar-refractivity contribution in [1.29, 1.82) is 0 Å². The van der Waals surface area contributed by atoms with Crippen LogP contribution >= 0.6 is 0 Å². The van der Waals surface area contributed by atoms with Crippen LogP contribution in [0.1, 0.15) is 19.4 Å². The van der Waals surface area contributed by atoms with Gasteiger partial charge in [-0.15, -0.1) is 0 Å². The summed E-state index contributed by atoms with van der Waals surface area (Å²) in [6.45, 7) is 4.85. The van der Waals surface area contributed by atoms with Gasteiger partial charge in [-0.25, -0.2) is 4.39 Å². The molecule has 0 saturated heterocycles. The van der Waals surface area contributed by atoms with E-state index in [-0.39, 0.29) is 5.82 Å². The van der Waals surface area contributed by atoms with Crippen LogP contribution in [0.25, 0.3) is 11.0 Å². The second-order valence-corrected chi connectivity index (χ2v) is 3.94. The minimum atomic E-state index is -0.227. The average Bonchev–Trinajstić information content (AvgIpc) is 2.57. The molecule has 15 heavy (non-hydrogen) atoms. The Morgan fingerprint density at radius 2 is 2.20 bits per heavy atom. The molecule has 0 spiro atoms. The maximum atomic E-state index is 13.0. The lowest BCUT2D eigenvalue weighted by atomic mass is 10.1. The van der Waals surface area contributed by atoms with Crippen LogP contribution in [-0.2, 0) is 6.54 Å². The van der Waals surface area contributed by atoms with Crippen LogP contribution in [0, 0.1) is 5.82 Å². The molecule has 1 aromatic carbocycles. The summed E-state index contributed by atoms with van der Waals surface area (Å²) in [6.07, 6.45) is 1.68. The molecule has 80 valence electrons. The Kier molecular flexibility index (Phi) is 2.73. The molecule has 0 aliphatic rings. The van der Waals surface area contributed by atoms with Gasteiger partial charge in [0.15, 0.2) is 0 Å². The molecular formula is C12H14FNO. The van der Waals surface area contributed by atoms with Gasteiger partial charge >= 0.3 is 0 Å². The van der Waals surface area contributed by atoms with Crippen molar-refractivity contribution in [3.05, 3.63) is 35.8 Å². The van der Waals surface area contributed by atoms with E-state index in [1.165, 1.54) is 12.1 Å². The van der Waals surface area contributed by atoms with Crippen molar-refractivity contribution in [3.63, 3.8) is 0 Å². The summed E-state index contributed by atoms with van der Waals surface area (Å²) in [5, 5.41) is 4.13. The third kappa shape index (κ3) is 2.18. The zero-order chi connectivity index (χ0) is 10.8. The topological polar surface area (TPSA) is 25.2 Å². The molecule has 1 aromatic heterocycles. The number of halogens is 1. The maximum Gasteiger partial charge on any atom is 0.134 e. The maximum absolute atomic E-state index is 13.0. The summed E-state index contributed by atoms with van der Waals surface area (Å²) in [6, 6.07) is 4.98. The second-order valence-electron chi connectivity index (χ2n) is 3.94. The molecule has 0 aliphatic heterocycles. The molecule has 1 N–H and O–H groups in total. The van der Waals surface area contributed by atoms with Gasteiger partial charge in [0.25, 0.3) is 0 Å². The number of nitrogens with one attached hydrogen (secondary N) is 1. The summed E-state index contributed by atoms with van der Waals surface area (Å²) in [5.74, 6) is -0.227. The summed E-state index contributed by atoms with van der Waals surface area (Å²) in [5.41, 5.74) is 1.73. The van der Waals surface area contributed by atoms with E-state index in [4.69, 9.17) is 4.42 Å². The van der Waals surface area contributed by atoms with Gasteiger partial charge in [0.05, 0.1) is 6.26 Å². The van der Waals surface area contributed by atoms with Gasteiger partial charge in [-0.3, -0.25) is 0 Å². The lowest BCUT2D eigenvalue weighted by Crippen LogP contribution is -2.21. The SMILES string of the molecule is CC(C)NCc1coc2ccc(F)cc12. The highest BCUT2D eigenvalue weighted by atomic mass is 19.1. The fourth-order valence-corrected chi connectivity index (χ4v) is 1.50. The molecule has 2 rings (SSSR count). The number of rotatable bonds is 3. The monoisotopic (exact) mass is 207 g/mol. The highest BCUT2D eigenvalue weighted by Crippen LogP contribution is 2.21. The largest absolute Gasteiger partial charge is 0.464 e. The number of benzene rings is 1. The first-order chi connectivity index (χ1) is 7.16. The predicted octanol–water partition coefficient (Wildman–Crippen LogP) is 3.07. The highest BCUT2D eigenvalue weighted by molar-refractivity contribution is 5.80. The Labute approximate surface area is 88.1 Å². The average molecular weight is 207 g/mol. The molecule has 0 fully saturated rings. The predicted molar refractivity (Wildman–Crippen MR) is 58.1 cm³/mol. The first-order valence-electron chi connectivity index (χ1n) is 5.06. The van der Waals surface area contributed by atoms with E-state index in [2.05, 4.69) is 19.2 Å². The van der Waals surface area contributed by atoms with E-state index in [0.717, 1.165) is 16.5 Å². The molecule has 0 atom stereocenters. The highest BCUT2D eigenvalue weighted by Gasteiger charge is 2.06. The van der Waals surface area contributed by atoms with Crippen LogP contribution in [0.5, 0.6) is 0 Å². The van der Waals surface area contributed by atoms with Crippen LogP contribution < -0.4 is 5.32 Å². The van der Waals surface area contributed by atoms with Crippen LogP contribution in [0.15, 0.2) is 28.9 Å². The summed E-state index contributed by atoms with van der Waals surface area (Å²) in [4.78, 5) is 0. The molecule has 0 aliphatic carbocycles. The Balaban J connectivity index is 2.31. The van der Waals surface area contributed by atoms with E-state index in [0.29, 0.717) is 12.6 Å². The molecule has 3 heteroatoms. The fraction of sp³-hybridized carbons (Fsp3) is 0.333. The van der Waals surface area contributed by atoms with E-state index in [1.54, 1.807) is 12.3 Å². The third-order valence-electron chi connectivity index (χ3n) is 2.32.